The Balaban J connectivity index is 0.000000482. The van der Waals surface area contributed by atoms with E-state index >= 15 is 0 Å². The van der Waals surface area contributed by atoms with Gasteiger partial charge in [-0.25, -0.2) is 9.59 Å². The quantitative estimate of drug-likeness (QED) is 0.219. The number of halogens is 3. The fraction of sp³-hybridized carbons (Fsp3) is 0.364. The number of carboxylic acid groups (broad SMARTS) is 2. The number of amides is 1. The standard InChI is InChI=1S/C18H18F3N5O6.C4H4O4/c19-18(20,21)32-13-3-1-12(2-4-13)31-14-6-24(7-14)9-16(27)22-11-5-25-8-15(26(28)29)23-17(25)30-10-11;5-3(6)1-2-4(7)8/h1-4,8,11,14H,5-7,9-10H2,(H,22,27);1-2H,(H,5,6)(H,7,8). The minimum Gasteiger partial charge on any atom is -0.488 e. The molecule has 1 saturated heterocycles. The fourth-order valence-electron chi connectivity index (χ4n) is 3.53. The number of hydrogen-bond donors (Lipinski definition) is 3. The molecular formula is C22H22F3N5O10. The topological polar surface area (TPSA) is 196 Å². The van der Waals surface area contributed by atoms with Gasteiger partial charge in [-0.3, -0.25) is 14.3 Å². The number of fused-ring (bicyclic) bond motifs is 1. The van der Waals surface area contributed by atoms with Crippen LogP contribution in [0.15, 0.2) is 42.6 Å². The van der Waals surface area contributed by atoms with Crippen LogP contribution in [0.3, 0.4) is 0 Å². The Bertz CT molecular complexity index is 1240. The first-order valence-electron chi connectivity index (χ1n) is 11.3. The average molecular weight is 573 g/mol. The third-order valence-corrected chi connectivity index (χ3v) is 5.13. The van der Waals surface area contributed by atoms with Gasteiger partial charge in [0.05, 0.1) is 19.1 Å². The molecule has 1 unspecified atom stereocenters. The summed E-state index contributed by atoms with van der Waals surface area (Å²) in [4.78, 5) is 47.1. The number of carboxylic acids is 2. The van der Waals surface area contributed by atoms with Crippen LogP contribution < -0.4 is 19.5 Å². The van der Waals surface area contributed by atoms with Crippen LogP contribution in [0.2, 0.25) is 0 Å². The predicted molar refractivity (Wildman–Crippen MR) is 125 cm³/mol. The Morgan fingerprint density at radius 1 is 1.12 bits per heavy atom. The Kier molecular flexibility index (Phi) is 9.49. The predicted octanol–water partition coefficient (Wildman–Crippen LogP) is 1.04. The summed E-state index contributed by atoms with van der Waals surface area (Å²) in [7, 11) is 0. The molecule has 18 heteroatoms. The van der Waals surface area contributed by atoms with E-state index in [-0.39, 0.29) is 48.8 Å². The van der Waals surface area contributed by atoms with E-state index in [1.54, 1.807) is 0 Å². The van der Waals surface area contributed by atoms with E-state index in [9.17, 15) is 37.7 Å². The molecule has 2 aromatic rings. The third-order valence-electron chi connectivity index (χ3n) is 5.13. The number of nitrogens with one attached hydrogen (secondary N) is 1. The van der Waals surface area contributed by atoms with Gasteiger partial charge < -0.3 is 39.9 Å². The molecule has 2 aliphatic heterocycles. The first kappa shape index (κ1) is 29.7. The van der Waals surface area contributed by atoms with Crippen molar-refractivity contribution in [3.63, 3.8) is 0 Å². The second-order valence-corrected chi connectivity index (χ2v) is 8.33. The van der Waals surface area contributed by atoms with Crippen molar-refractivity contribution in [3.05, 3.63) is 52.7 Å². The molecule has 2 aliphatic rings. The van der Waals surface area contributed by atoms with E-state index in [0.29, 0.717) is 37.5 Å². The number of ether oxygens (including phenoxy) is 3. The van der Waals surface area contributed by atoms with Crippen LogP contribution in [-0.4, -0.2) is 92.2 Å². The summed E-state index contributed by atoms with van der Waals surface area (Å²) in [6.45, 7) is 1.55. The van der Waals surface area contributed by atoms with Gasteiger partial charge in [-0.1, -0.05) is 0 Å². The Hall–Kier alpha value is -4.87. The van der Waals surface area contributed by atoms with Gasteiger partial charge in [-0.05, 0) is 29.2 Å². The molecule has 0 bridgehead atoms. The van der Waals surface area contributed by atoms with Crippen molar-refractivity contribution in [2.75, 3.05) is 26.2 Å². The van der Waals surface area contributed by atoms with E-state index < -0.39 is 23.2 Å². The van der Waals surface area contributed by atoms with Gasteiger partial charge in [-0.15, -0.1) is 13.2 Å². The van der Waals surface area contributed by atoms with Gasteiger partial charge >= 0.3 is 30.1 Å². The van der Waals surface area contributed by atoms with Crippen molar-refractivity contribution < 1.29 is 56.9 Å². The maximum atomic E-state index is 12.3. The van der Waals surface area contributed by atoms with Crippen LogP contribution >= 0.6 is 0 Å². The highest BCUT2D eigenvalue weighted by atomic mass is 19.4. The zero-order valence-electron chi connectivity index (χ0n) is 20.3. The summed E-state index contributed by atoms with van der Waals surface area (Å²) < 4.78 is 52.8. The molecule has 0 radical (unpaired) electrons. The normalized spacial score (nSPS) is 16.9. The van der Waals surface area contributed by atoms with Crippen LogP contribution in [0.1, 0.15) is 0 Å². The highest BCUT2D eigenvalue weighted by Gasteiger charge is 2.33. The monoisotopic (exact) mass is 573 g/mol. The summed E-state index contributed by atoms with van der Waals surface area (Å²) in [5.74, 6) is -3.00. The second kappa shape index (κ2) is 12.8. The van der Waals surface area contributed by atoms with E-state index in [1.807, 2.05) is 4.90 Å². The van der Waals surface area contributed by atoms with Crippen LogP contribution in [0.25, 0.3) is 0 Å². The number of benzene rings is 1. The number of carbonyl (C=O) groups excluding carboxylic acids is 1. The lowest BCUT2D eigenvalue weighted by atomic mass is 10.1. The molecule has 0 spiro atoms. The average Bonchev–Trinajstić information content (AvgIpc) is 3.26. The number of hydrogen-bond acceptors (Lipinski definition) is 10. The van der Waals surface area contributed by atoms with E-state index in [1.165, 1.54) is 35.0 Å². The second-order valence-electron chi connectivity index (χ2n) is 8.33. The van der Waals surface area contributed by atoms with Crippen molar-refractivity contribution in [1.29, 1.82) is 0 Å². The molecule has 15 nitrogen and oxygen atoms in total. The number of aromatic nitrogens is 2. The highest BCUT2D eigenvalue weighted by molar-refractivity contribution is 5.89. The van der Waals surface area contributed by atoms with Crippen LogP contribution in [0, 0.1) is 10.1 Å². The molecule has 40 heavy (non-hydrogen) atoms. The Morgan fingerprint density at radius 2 is 1.73 bits per heavy atom. The van der Waals surface area contributed by atoms with Crippen molar-refractivity contribution in [1.82, 2.24) is 19.8 Å². The number of alkyl halides is 3. The van der Waals surface area contributed by atoms with Gasteiger partial charge in [0.15, 0.2) is 0 Å². The summed E-state index contributed by atoms with van der Waals surface area (Å²) in [6, 6.07) is 4.89. The minimum atomic E-state index is -4.75. The van der Waals surface area contributed by atoms with Gasteiger partial charge in [0.25, 0.3) is 0 Å². The molecule has 3 N–H and O–H groups in total. The molecule has 1 amide bonds. The molecule has 4 rings (SSSR count). The Morgan fingerprint density at radius 3 is 2.27 bits per heavy atom. The fourth-order valence-corrected chi connectivity index (χ4v) is 3.53. The van der Waals surface area contributed by atoms with Gasteiger partial charge in [0.1, 0.15) is 30.4 Å². The number of aliphatic carboxylic acids is 2. The van der Waals surface area contributed by atoms with Gasteiger partial charge in [0, 0.05) is 30.2 Å². The zero-order chi connectivity index (χ0) is 29.4. The Labute approximate surface area is 222 Å². The smallest absolute Gasteiger partial charge is 0.488 e. The molecular weight excluding hydrogens is 551 g/mol. The molecule has 1 fully saturated rings. The number of nitrogens with zero attached hydrogens (tertiary/aromatic N) is 4. The minimum absolute atomic E-state index is 0.131. The van der Waals surface area contributed by atoms with Crippen molar-refractivity contribution >= 4 is 23.7 Å². The molecule has 1 aromatic carbocycles. The van der Waals surface area contributed by atoms with Crippen molar-refractivity contribution in [3.8, 4) is 17.5 Å². The van der Waals surface area contributed by atoms with Crippen molar-refractivity contribution in [2.45, 2.75) is 25.1 Å². The van der Waals surface area contributed by atoms with E-state index in [0.717, 1.165) is 0 Å². The van der Waals surface area contributed by atoms with Crippen LogP contribution in [-0.2, 0) is 20.9 Å². The third kappa shape index (κ3) is 9.46. The number of carbonyl (C=O) groups is 3. The summed E-state index contributed by atoms with van der Waals surface area (Å²) in [5.41, 5.74) is 0. The summed E-state index contributed by atoms with van der Waals surface area (Å²) >= 11 is 0. The number of nitro groups is 1. The highest BCUT2D eigenvalue weighted by Crippen LogP contribution is 2.26. The lowest BCUT2D eigenvalue weighted by molar-refractivity contribution is -0.389. The molecule has 216 valence electrons. The SMILES string of the molecule is O=C(CN1CC(Oc2ccc(OC(F)(F)F)cc2)C1)NC1COc2nc([N+](=O)[O-])cn2C1.O=C(O)C=CC(=O)O. The first-order valence-corrected chi connectivity index (χ1v) is 11.3. The summed E-state index contributed by atoms with van der Waals surface area (Å²) in [6.07, 6.45) is -2.57. The van der Waals surface area contributed by atoms with E-state index in [2.05, 4.69) is 15.0 Å². The molecule has 1 atom stereocenters. The number of imidazole rings is 1. The summed E-state index contributed by atoms with van der Waals surface area (Å²) in [5, 5.41) is 29.2. The van der Waals surface area contributed by atoms with Crippen LogP contribution in [0.5, 0.6) is 17.5 Å². The lowest BCUT2D eigenvalue weighted by Gasteiger charge is -2.38. The number of rotatable bonds is 9. The molecule has 0 saturated carbocycles. The van der Waals surface area contributed by atoms with E-state index in [4.69, 9.17) is 19.7 Å². The van der Waals surface area contributed by atoms with Gasteiger partial charge in [-0.2, -0.15) is 0 Å². The van der Waals surface area contributed by atoms with Gasteiger partial charge in [0.2, 0.25) is 5.91 Å². The molecule has 3 heterocycles. The number of likely N-dealkylation sites (tertiary alicyclic amines) is 1. The molecule has 0 aliphatic carbocycles. The first-order chi connectivity index (χ1) is 18.8. The maximum Gasteiger partial charge on any atom is 0.573 e. The zero-order valence-corrected chi connectivity index (χ0v) is 20.3. The van der Waals surface area contributed by atoms with Crippen LogP contribution in [0.4, 0.5) is 19.0 Å². The lowest BCUT2D eigenvalue weighted by Crippen LogP contribution is -2.57. The molecule has 1 aromatic heterocycles. The van der Waals surface area contributed by atoms with Crippen molar-refractivity contribution in [2.24, 2.45) is 0 Å². The maximum absolute atomic E-state index is 12.3. The largest absolute Gasteiger partial charge is 0.573 e.